The first-order valence-corrected chi connectivity index (χ1v) is 34.7. The average molecular weight is 1130 g/mol. The SMILES string of the molecule is CC/C=C\C/C=C\C/C=C\C/C=C\C/C=C\C/C=C\CCCCCCCCCCCCCCCCC(=O)OCC(COC(=O)CCCCCCC/C=C\C/C=C\CCCC)OC(=O)CCCCCCCCCCCCCCCCCC. The summed E-state index contributed by atoms with van der Waals surface area (Å²) in [6, 6.07) is 0. The smallest absolute Gasteiger partial charge is 0.306 e. The number of ether oxygens (including phenoxy) is 3. The molecule has 0 aromatic rings. The lowest BCUT2D eigenvalue weighted by atomic mass is 10.0. The van der Waals surface area contributed by atoms with Gasteiger partial charge in [-0.15, -0.1) is 0 Å². The lowest BCUT2D eigenvalue weighted by molar-refractivity contribution is -0.167. The van der Waals surface area contributed by atoms with Crippen LogP contribution in [0.4, 0.5) is 0 Å². The molecule has 0 aliphatic heterocycles. The molecule has 0 saturated carbocycles. The number of carbonyl (C=O) groups is 3. The first-order valence-electron chi connectivity index (χ1n) is 34.7. The van der Waals surface area contributed by atoms with E-state index in [1.807, 2.05) is 0 Å². The Balaban J connectivity index is 4.20. The third-order valence-electron chi connectivity index (χ3n) is 15.1. The number of carbonyl (C=O) groups excluding carboxylic acids is 3. The summed E-state index contributed by atoms with van der Waals surface area (Å²) < 4.78 is 17.0. The predicted molar refractivity (Wildman–Crippen MR) is 353 cm³/mol. The van der Waals surface area contributed by atoms with E-state index in [1.54, 1.807) is 0 Å². The van der Waals surface area contributed by atoms with Crippen molar-refractivity contribution in [3.8, 4) is 0 Å². The van der Waals surface area contributed by atoms with Gasteiger partial charge in [0.2, 0.25) is 0 Å². The van der Waals surface area contributed by atoms with E-state index in [4.69, 9.17) is 14.2 Å². The highest BCUT2D eigenvalue weighted by Gasteiger charge is 2.19. The maximum absolute atomic E-state index is 12.9. The highest BCUT2D eigenvalue weighted by atomic mass is 16.6. The van der Waals surface area contributed by atoms with E-state index in [2.05, 4.69) is 118 Å². The fourth-order valence-corrected chi connectivity index (χ4v) is 9.88. The number of unbranched alkanes of at least 4 members (excludes halogenated alkanes) is 36. The molecular weight excluding hydrogens is 997 g/mol. The van der Waals surface area contributed by atoms with Gasteiger partial charge in [0.25, 0.3) is 0 Å². The molecule has 6 heteroatoms. The van der Waals surface area contributed by atoms with Crippen LogP contribution in [0.3, 0.4) is 0 Å². The standard InChI is InChI=1S/C75H130O6/c1-4-7-10-13-16-19-22-25-28-30-31-32-33-34-35-36-37-38-39-40-41-42-43-44-45-46-48-50-53-56-59-62-65-68-74(77)80-71-72(70-79-73(76)67-64-61-58-55-52-49-27-24-21-18-15-12-9-6-3)81-75(78)69-66-63-60-57-54-51-47-29-26-23-20-17-14-11-8-5-2/h7,10,15-16,18-19,24-25,27-28,31-32,34-35,37-38,72H,4-6,8-9,11-14,17,20-23,26,29-30,33,36,39-71H2,1-3H3/b10-7-,18-15-,19-16-,27-24-,28-25-,32-31-,35-34-,38-37-. The summed E-state index contributed by atoms with van der Waals surface area (Å²) >= 11 is 0. The Morgan fingerprint density at radius 1 is 0.259 bits per heavy atom. The molecule has 0 fully saturated rings. The summed E-state index contributed by atoms with van der Waals surface area (Å²) in [5.41, 5.74) is 0. The zero-order chi connectivity index (χ0) is 58.5. The van der Waals surface area contributed by atoms with Crippen LogP contribution < -0.4 is 0 Å². The normalized spacial score (nSPS) is 12.7. The van der Waals surface area contributed by atoms with Crippen molar-refractivity contribution in [3.63, 3.8) is 0 Å². The zero-order valence-electron chi connectivity index (χ0n) is 53.5. The Bertz CT molecular complexity index is 1580. The molecule has 0 aliphatic rings. The van der Waals surface area contributed by atoms with E-state index in [0.29, 0.717) is 19.3 Å². The number of allylic oxidation sites excluding steroid dienone is 16. The van der Waals surface area contributed by atoms with Crippen LogP contribution in [0, 0.1) is 0 Å². The predicted octanol–water partition coefficient (Wildman–Crippen LogP) is 24.0. The number of hydrogen-bond acceptors (Lipinski definition) is 6. The number of esters is 3. The van der Waals surface area contributed by atoms with E-state index >= 15 is 0 Å². The molecule has 0 amide bonds. The van der Waals surface area contributed by atoms with Gasteiger partial charge in [0.15, 0.2) is 6.10 Å². The van der Waals surface area contributed by atoms with Gasteiger partial charge in [0.1, 0.15) is 13.2 Å². The molecule has 0 aliphatic carbocycles. The molecule has 0 spiro atoms. The van der Waals surface area contributed by atoms with Crippen molar-refractivity contribution in [2.45, 2.75) is 348 Å². The Hall–Kier alpha value is -3.67. The fraction of sp³-hybridized carbons (Fsp3) is 0.747. The Labute approximate surface area is 502 Å². The maximum atomic E-state index is 12.9. The lowest BCUT2D eigenvalue weighted by Crippen LogP contribution is -2.30. The Kier molecular flexibility index (Phi) is 65.7. The number of rotatable bonds is 63. The van der Waals surface area contributed by atoms with E-state index < -0.39 is 6.10 Å². The summed E-state index contributed by atoms with van der Waals surface area (Å²) in [7, 11) is 0. The van der Waals surface area contributed by atoms with E-state index in [-0.39, 0.29) is 31.1 Å². The van der Waals surface area contributed by atoms with Crippen molar-refractivity contribution >= 4 is 17.9 Å². The van der Waals surface area contributed by atoms with Gasteiger partial charge in [-0.2, -0.15) is 0 Å². The highest BCUT2D eigenvalue weighted by molar-refractivity contribution is 5.71. The first kappa shape index (κ1) is 77.3. The monoisotopic (exact) mass is 1130 g/mol. The van der Waals surface area contributed by atoms with E-state index in [0.717, 1.165) is 116 Å². The van der Waals surface area contributed by atoms with Gasteiger partial charge in [-0.25, -0.2) is 0 Å². The van der Waals surface area contributed by atoms with E-state index in [9.17, 15) is 14.4 Å². The second-order valence-electron chi connectivity index (χ2n) is 23.1. The third kappa shape index (κ3) is 67.0. The zero-order valence-corrected chi connectivity index (χ0v) is 53.5. The van der Waals surface area contributed by atoms with Crippen LogP contribution in [0.15, 0.2) is 97.2 Å². The van der Waals surface area contributed by atoms with Crippen molar-refractivity contribution in [1.29, 1.82) is 0 Å². The minimum Gasteiger partial charge on any atom is -0.462 e. The second-order valence-corrected chi connectivity index (χ2v) is 23.1. The van der Waals surface area contributed by atoms with Crippen LogP contribution in [0.5, 0.6) is 0 Å². The first-order chi connectivity index (χ1) is 40.0. The van der Waals surface area contributed by atoms with Crippen LogP contribution in [0.2, 0.25) is 0 Å². The molecule has 0 aromatic carbocycles. The minimum atomic E-state index is -0.782. The van der Waals surface area contributed by atoms with Crippen molar-refractivity contribution in [2.75, 3.05) is 13.2 Å². The van der Waals surface area contributed by atoms with Crippen LogP contribution in [0.25, 0.3) is 0 Å². The summed E-state index contributed by atoms with van der Waals surface area (Å²) in [6.07, 6.45) is 92.9. The topological polar surface area (TPSA) is 78.9 Å². The summed E-state index contributed by atoms with van der Waals surface area (Å²) in [5, 5.41) is 0. The quantitative estimate of drug-likeness (QED) is 0.0261. The van der Waals surface area contributed by atoms with Crippen LogP contribution in [-0.2, 0) is 28.6 Å². The van der Waals surface area contributed by atoms with Gasteiger partial charge in [-0.3, -0.25) is 14.4 Å². The summed E-state index contributed by atoms with van der Waals surface area (Å²) in [6.45, 7) is 6.51. The van der Waals surface area contributed by atoms with Crippen LogP contribution >= 0.6 is 0 Å². The molecule has 0 N–H and O–H groups in total. The molecule has 0 saturated heterocycles. The van der Waals surface area contributed by atoms with Gasteiger partial charge in [0.05, 0.1) is 0 Å². The highest BCUT2D eigenvalue weighted by Crippen LogP contribution is 2.17. The van der Waals surface area contributed by atoms with Gasteiger partial charge in [0, 0.05) is 19.3 Å². The maximum Gasteiger partial charge on any atom is 0.306 e. The van der Waals surface area contributed by atoms with Gasteiger partial charge in [-0.1, -0.05) is 323 Å². The fourth-order valence-electron chi connectivity index (χ4n) is 9.88. The van der Waals surface area contributed by atoms with Gasteiger partial charge in [-0.05, 0) is 96.3 Å². The van der Waals surface area contributed by atoms with E-state index in [1.165, 1.54) is 186 Å². The molecule has 1 atom stereocenters. The van der Waals surface area contributed by atoms with Crippen LogP contribution in [0.1, 0.15) is 342 Å². The molecule has 0 aromatic heterocycles. The minimum absolute atomic E-state index is 0.0779. The second kappa shape index (κ2) is 68.8. The van der Waals surface area contributed by atoms with Crippen molar-refractivity contribution in [3.05, 3.63) is 97.2 Å². The Morgan fingerprint density at radius 2 is 0.494 bits per heavy atom. The number of hydrogen-bond donors (Lipinski definition) is 0. The third-order valence-corrected chi connectivity index (χ3v) is 15.1. The van der Waals surface area contributed by atoms with Crippen molar-refractivity contribution in [1.82, 2.24) is 0 Å². The van der Waals surface area contributed by atoms with Crippen molar-refractivity contribution in [2.24, 2.45) is 0 Å². The van der Waals surface area contributed by atoms with Crippen molar-refractivity contribution < 1.29 is 28.6 Å². The van der Waals surface area contributed by atoms with Gasteiger partial charge < -0.3 is 14.2 Å². The molecule has 1 unspecified atom stereocenters. The Morgan fingerprint density at radius 3 is 0.790 bits per heavy atom. The average Bonchev–Trinajstić information content (AvgIpc) is 3.47. The molecule has 0 bridgehead atoms. The molecule has 81 heavy (non-hydrogen) atoms. The molecule has 0 heterocycles. The lowest BCUT2D eigenvalue weighted by Gasteiger charge is -2.18. The largest absolute Gasteiger partial charge is 0.462 e. The molecular formula is C75H130O6. The molecule has 6 nitrogen and oxygen atoms in total. The van der Waals surface area contributed by atoms with Gasteiger partial charge >= 0.3 is 17.9 Å². The molecule has 0 radical (unpaired) electrons. The summed E-state index contributed by atoms with van der Waals surface area (Å²) in [4.78, 5) is 38.4. The molecule has 0 rings (SSSR count). The van der Waals surface area contributed by atoms with Crippen LogP contribution in [-0.4, -0.2) is 37.2 Å². The summed E-state index contributed by atoms with van der Waals surface area (Å²) in [5.74, 6) is -0.876. The molecule has 466 valence electrons.